The van der Waals surface area contributed by atoms with Gasteiger partial charge >= 0.3 is 0 Å². The second-order valence-electron chi connectivity index (χ2n) is 4.25. The summed E-state index contributed by atoms with van der Waals surface area (Å²) in [6.45, 7) is 2.31. The Morgan fingerprint density at radius 2 is 1.95 bits per heavy atom. The summed E-state index contributed by atoms with van der Waals surface area (Å²) in [5, 5.41) is 0.603. The van der Waals surface area contributed by atoms with Gasteiger partial charge in [0.25, 0.3) is 0 Å². The van der Waals surface area contributed by atoms with Gasteiger partial charge < -0.3 is 15.2 Å². The SMILES string of the molecule is COc1cc(C)ccc1OCc1c(N)cccc1Cl. The molecule has 0 aliphatic heterocycles. The quantitative estimate of drug-likeness (QED) is 0.864. The molecule has 0 saturated carbocycles. The molecule has 0 aliphatic rings. The van der Waals surface area contributed by atoms with E-state index in [2.05, 4.69) is 0 Å². The Labute approximate surface area is 117 Å². The molecular weight excluding hydrogens is 262 g/mol. The van der Waals surface area contributed by atoms with Crippen molar-refractivity contribution < 1.29 is 9.47 Å². The van der Waals surface area contributed by atoms with Gasteiger partial charge in [0.05, 0.1) is 7.11 Å². The van der Waals surface area contributed by atoms with Gasteiger partial charge in [-0.3, -0.25) is 0 Å². The Hall–Kier alpha value is -1.87. The molecular formula is C15H16ClNO2. The van der Waals surface area contributed by atoms with Gasteiger partial charge in [0, 0.05) is 16.3 Å². The average Bonchev–Trinajstić information content (AvgIpc) is 2.39. The van der Waals surface area contributed by atoms with Crippen LogP contribution < -0.4 is 15.2 Å². The third kappa shape index (κ3) is 3.12. The lowest BCUT2D eigenvalue weighted by atomic mass is 10.2. The molecule has 2 aromatic rings. The standard InChI is InChI=1S/C15H16ClNO2/c1-10-6-7-14(15(8-10)18-2)19-9-11-12(16)4-3-5-13(11)17/h3-8H,9,17H2,1-2H3. The molecule has 0 unspecified atom stereocenters. The van der Waals surface area contributed by atoms with E-state index < -0.39 is 0 Å². The number of anilines is 1. The molecule has 2 aromatic carbocycles. The van der Waals surface area contributed by atoms with E-state index >= 15 is 0 Å². The second kappa shape index (κ2) is 5.85. The van der Waals surface area contributed by atoms with E-state index in [0.29, 0.717) is 28.8 Å². The van der Waals surface area contributed by atoms with E-state index in [4.69, 9.17) is 26.8 Å². The summed E-state index contributed by atoms with van der Waals surface area (Å²) in [4.78, 5) is 0. The van der Waals surface area contributed by atoms with Crippen LogP contribution in [0.1, 0.15) is 11.1 Å². The summed E-state index contributed by atoms with van der Waals surface area (Å²) >= 11 is 6.10. The number of ether oxygens (including phenoxy) is 2. The van der Waals surface area contributed by atoms with Crippen LogP contribution in [0.2, 0.25) is 5.02 Å². The average molecular weight is 278 g/mol. The molecule has 2 N–H and O–H groups in total. The summed E-state index contributed by atoms with van der Waals surface area (Å²) in [7, 11) is 1.62. The van der Waals surface area contributed by atoms with E-state index in [-0.39, 0.29) is 0 Å². The van der Waals surface area contributed by atoms with Gasteiger partial charge in [-0.1, -0.05) is 23.7 Å². The molecule has 0 aromatic heterocycles. The first-order valence-electron chi connectivity index (χ1n) is 5.92. The third-order valence-electron chi connectivity index (χ3n) is 2.85. The Morgan fingerprint density at radius 3 is 2.63 bits per heavy atom. The lowest BCUT2D eigenvalue weighted by molar-refractivity contribution is 0.285. The van der Waals surface area contributed by atoms with Crippen molar-refractivity contribution in [3.8, 4) is 11.5 Å². The molecule has 0 aliphatic carbocycles. The van der Waals surface area contributed by atoms with Crippen molar-refractivity contribution in [3.63, 3.8) is 0 Å². The molecule has 0 amide bonds. The van der Waals surface area contributed by atoms with Gasteiger partial charge in [0.1, 0.15) is 6.61 Å². The zero-order valence-corrected chi connectivity index (χ0v) is 11.7. The molecule has 0 atom stereocenters. The van der Waals surface area contributed by atoms with Gasteiger partial charge in [0.2, 0.25) is 0 Å². The number of methoxy groups -OCH3 is 1. The van der Waals surface area contributed by atoms with Crippen molar-refractivity contribution in [2.24, 2.45) is 0 Å². The maximum absolute atomic E-state index is 6.10. The van der Waals surface area contributed by atoms with Gasteiger partial charge in [-0.05, 0) is 36.8 Å². The predicted octanol–water partition coefficient (Wildman–Crippen LogP) is 3.82. The summed E-state index contributed by atoms with van der Waals surface area (Å²) in [5.41, 5.74) is 8.40. The first kappa shape index (κ1) is 13.6. The Morgan fingerprint density at radius 1 is 1.16 bits per heavy atom. The number of aryl methyl sites for hydroxylation is 1. The lowest BCUT2D eigenvalue weighted by Crippen LogP contribution is -2.02. The third-order valence-corrected chi connectivity index (χ3v) is 3.20. The molecule has 0 heterocycles. The van der Waals surface area contributed by atoms with Crippen LogP contribution in [-0.2, 0) is 6.61 Å². The molecule has 3 nitrogen and oxygen atoms in total. The maximum Gasteiger partial charge on any atom is 0.161 e. The normalized spacial score (nSPS) is 10.3. The molecule has 0 saturated heterocycles. The van der Waals surface area contributed by atoms with Crippen LogP contribution in [0.3, 0.4) is 0 Å². The highest BCUT2D eigenvalue weighted by Crippen LogP contribution is 2.30. The van der Waals surface area contributed by atoms with Crippen molar-refractivity contribution in [3.05, 3.63) is 52.5 Å². The highest BCUT2D eigenvalue weighted by molar-refractivity contribution is 6.31. The van der Waals surface area contributed by atoms with E-state index in [1.54, 1.807) is 19.2 Å². The molecule has 100 valence electrons. The summed E-state index contributed by atoms with van der Waals surface area (Å²) in [5.74, 6) is 1.37. The molecule has 4 heteroatoms. The van der Waals surface area contributed by atoms with Crippen molar-refractivity contribution in [1.29, 1.82) is 0 Å². The number of hydrogen-bond acceptors (Lipinski definition) is 3. The van der Waals surface area contributed by atoms with E-state index in [9.17, 15) is 0 Å². The summed E-state index contributed by atoms with van der Waals surface area (Å²) in [6, 6.07) is 11.2. The fourth-order valence-corrected chi connectivity index (χ4v) is 2.01. The van der Waals surface area contributed by atoms with Gasteiger partial charge in [-0.2, -0.15) is 0 Å². The van der Waals surface area contributed by atoms with E-state index in [1.165, 1.54) is 0 Å². The van der Waals surface area contributed by atoms with Crippen molar-refractivity contribution in [2.45, 2.75) is 13.5 Å². The minimum absolute atomic E-state index is 0.310. The highest BCUT2D eigenvalue weighted by Gasteiger charge is 2.08. The van der Waals surface area contributed by atoms with Gasteiger partial charge in [0.15, 0.2) is 11.5 Å². The monoisotopic (exact) mass is 277 g/mol. The van der Waals surface area contributed by atoms with Gasteiger partial charge in [-0.25, -0.2) is 0 Å². The van der Waals surface area contributed by atoms with Crippen LogP contribution in [0.5, 0.6) is 11.5 Å². The topological polar surface area (TPSA) is 44.5 Å². The van der Waals surface area contributed by atoms with E-state index in [1.807, 2.05) is 31.2 Å². The molecule has 0 fully saturated rings. The highest BCUT2D eigenvalue weighted by atomic mass is 35.5. The summed E-state index contributed by atoms with van der Waals surface area (Å²) < 4.78 is 11.0. The fourth-order valence-electron chi connectivity index (χ4n) is 1.77. The zero-order chi connectivity index (χ0) is 13.8. The van der Waals surface area contributed by atoms with E-state index in [0.717, 1.165) is 11.1 Å². The Bertz CT molecular complexity index is 564. The molecule has 2 rings (SSSR count). The van der Waals surface area contributed by atoms with Crippen LogP contribution in [0.25, 0.3) is 0 Å². The number of rotatable bonds is 4. The molecule has 0 radical (unpaired) electrons. The zero-order valence-electron chi connectivity index (χ0n) is 10.9. The Balaban J connectivity index is 2.19. The minimum atomic E-state index is 0.310. The Kier molecular flexibility index (Phi) is 4.17. The minimum Gasteiger partial charge on any atom is -0.493 e. The molecule has 0 spiro atoms. The lowest BCUT2D eigenvalue weighted by Gasteiger charge is -2.13. The van der Waals surface area contributed by atoms with Crippen LogP contribution in [0.15, 0.2) is 36.4 Å². The number of nitrogens with two attached hydrogens (primary N) is 1. The number of hydrogen-bond donors (Lipinski definition) is 1. The van der Waals surface area contributed by atoms with Crippen LogP contribution >= 0.6 is 11.6 Å². The fraction of sp³-hybridized carbons (Fsp3) is 0.200. The maximum atomic E-state index is 6.10. The molecule has 19 heavy (non-hydrogen) atoms. The smallest absolute Gasteiger partial charge is 0.161 e. The molecule has 0 bridgehead atoms. The largest absolute Gasteiger partial charge is 0.493 e. The summed E-state index contributed by atoms with van der Waals surface area (Å²) in [6.07, 6.45) is 0. The second-order valence-corrected chi connectivity index (χ2v) is 4.66. The number of nitrogen functional groups attached to an aromatic ring is 1. The van der Waals surface area contributed by atoms with Crippen molar-refractivity contribution >= 4 is 17.3 Å². The van der Waals surface area contributed by atoms with Crippen LogP contribution in [0, 0.1) is 6.92 Å². The number of halogens is 1. The number of benzene rings is 2. The van der Waals surface area contributed by atoms with Crippen LogP contribution in [-0.4, -0.2) is 7.11 Å². The van der Waals surface area contributed by atoms with Crippen LogP contribution in [0.4, 0.5) is 5.69 Å². The van der Waals surface area contributed by atoms with Crippen molar-refractivity contribution in [2.75, 3.05) is 12.8 Å². The predicted molar refractivity (Wildman–Crippen MR) is 77.9 cm³/mol. The first-order valence-corrected chi connectivity index (χ1v) is 6.30. The van der Waals surface area contributed by atoms with Crippen molar-refractivity contribution in [1.82, 2.24) is 0 Å². The first-order chi connectivity index (χ1) is 9.11. The van der Waals surface area contributed by atoms with Gasteiger partial charge in [-0.15, -0.1) is 0 Å².